The van der Waals surface area contributed by atoms with Crippen LogP contribution in [0.5, 0.6) is 0 Å². The van der Waals surface area contributed by atoms with E-state index in [1.807, 2.05) is 18.2 Å². The van der Waals surface area contributed by atoms with Gasteiger partial charge in [-0.15, -0.1) is 0 Å². The number of fused-ring (bicyclic) bond motifs is 1. The van der Waals surface area contributed by atoms with Gasteiger partial charge in [0.15, 0.2) is 0 Å². The molecule has 3 nitrogen and oxygen atoms in total. The molecule has 0 spiro atoms. The van der Waals surface area contributed by atoms with Crippen LogP contribution in [0.2, 0.25) is 5.02 Å². The molecule has 0 amide bonds. The summed E-state index contributed by atoms with van der Waals surface area (Å²) in [4.78, 5) is 4.47. The van der Waals surface area contributed by atoms with Gasteiger partial charge in [-0.05, 0) is 49.8 Å². The molecule has 1 heterocycles. The van der Waals surface area contributed by atoms with Crippen LogP contribution < -0.4 is 5.73 Å². The number of imidazole rings is 1. The minimum absolute atomic E-state index is 0.478. The summed E-state index contributed by atoms with van der Waals surface area (Å²) in [5.74, 6) is 1.53. The van der Waals surface area contributed by atoms with Crippen LogP contribution in [0.3, 0.4) is 0 Å². The molecule has 0 radical (unpaired) electrons. The third-order valence-electron chi connectivity index (χ3n) is 4.56. The number of nitrogen functional groups attached to an aromatic ring is 1. The lowest BCUT2D eigenvalue weighted by Crippen LogP contribution is -2.19. The summed E-state index contributed by atoms with van der Waals surface area (Å²) >= 11 is 6.12. The first-order valence-corrected chi connectivity index (χ1v) is 7.99. The predicted molar refractivity (Wildman–Crippen MR) is 85.1 cm³/mol. The number of anilines is 1. The number of rotatable bonds is 3. The Bertz CT molecular complexity index is 597. The van der Waals surface area contributed by atoms with Crippen LogP contribution in [0.1, 0.15) is 51.5 Å². The summed E-state index contributed by atoms with van der Waals surface area (Å²) in [6, 6.07) is 6.29. The molecule has 2 aromatic rings. The van der Waals surface area contributed by atoms with Gasteiger partial charge in [-0.2, -0.15) is 0 Å². The number of benzene rings is 1. The summed E-state index contributed by atoms with van der Waals surface area (Å²) in [6.45, 7) is 2.27. The van der Waals surface area contributed by atoms with E-state index in [4.69, 9.17) is 17.3 Å². The minimum Gasteiger partial charge on any atom is -0.369 e. The number of halogens is 1. The van der Waals surface area contributed by atoms with Crippen LogP contribution >= 0.6 is 11.6 Å². The van der Waals surface area contributed by atoms with E-state index in [0.717, 1.165) is 22.0 Å². The fourth-order valence-electron chi connectivity index (χ4n) is 3.57. The van der Waals surface area contributed by atoms with Crippen molar-refractivity contribution in [3.8, 4) is 0 Å². The Morgan fingerprint density at radius 2 is 2.05 bits per heavy atom. The molecule has 4 heteroatoms. The zero-order valence-corrected chi connectivity index (χ0v) is 12.7. The lowest BCUT2D eigenvalue weighted by Gasteiger charge is -2.30. The Hall–Kier alpha value is -1.22. The summed E-state index contributed by atoms with van der Waals surface area (Å²) in [5, 5.41) is 0.748. The monoisotopic (exact) mass is 291 g/mol. The van der Waals surface area contributed by atoms with Crippen molar-refractivity contribution < 1.29 is 0 Å². The Kier molecular flexibility index (Phi) is 3.88. The van der Waals surface area contributed by atoms with Crippen LogP contribution in [0.25, 0.3) is 11.0 Å². The van der Waals surface area contributed by atoms with Gasteiger partial charge in [0.2, 0.25) is 5.95 Å². The van der Waals surface area contributed by atoms with E-state index in [2.05, 4.69) is 16.5 Å². The van der Waals surface area contributed by atoms with Crippen molar-refractivity contribution in [3.63, 3.8) is 0 Å². The highest BCUT2D eigenvalue weighted by molar-refractivity contribution is 6.31. The number of nitrogens with two attached hydrogens (primary N) is 1. The van der Waals surface area contributed by atoms with Crippen molar-refractivity contribution in [1.82, 2.24) is 9.55 Å². The fraction of sp³-hybridized carbons (Fsp3) is 0.562. The second kappa shape index (κ2) is 5.65. The second-order valence-electron chi connectivity index (χ2n) is 5.94. The summed E-state index contributed by atoms with van der Waals surface area (Å²) in [7, 11) is 0. The zero-order chi connectivity index (χ0) is 14.1. The first kappa shape index (κ1) is 13.7. The van der Waals surface area contributed by atoms with E-state index in [9.17, 15) is 0 Å². The van der Waals surface area contributed by atoms with Gasteiger partial charge in [0.25, 0.3) is 0 Å². The molecule has 0 aliphatic heterocycles. The van der Waals surface area contributed by atoms with Crippen molar-refractivity contribution in [2.24, 2.45) is 5.92 Å². The van der Waals surface area contributed by atoms with E-state index in [-0.39, 0.29) is 0 Å². The number of nitrogens with zero attached hydrogens (tertiary/aromatic N) is 2. The average molecular weight is 292 g/mol. The van der Waals surface area contributed by atoms with E-state index in [1.54, 1.807) is 0 Å². The Morgan fingerprint density at radius 1 is 1.30 bits per heavy atom. The van der Waals surface area contributed by atoms with Crippen molar-refractivity contribution >= 4 is 28.6 Å². The first-order chi connectivity index (χ1) is 9.69. The maximum atomic E-state index is 6.14. The molecule has 0 atom stereocenters. The lowest BCUT2D eigenvalue weighted by atomic mass is 9.83. The molecule has 2 N–H and O–H groups in total. The molecule has 3 rings (SSSR count). The van der Waals surface area contributed by atoms with Crippen LogP contribution in [0.15, 0.2) is 18.2 Å². The topological polar surface area (TPSA) is 43.8 Å². The zero-order valence-electron chi connectivity index (χ0n) is 12.0. The lowest BCUT2D eigenvalue weighted by molar-refractivity contribution is 0.267. The maximum Gasteiger partial charge on any atom is 0.201 e. The van der Waals surface area contributed by atoms with Crippen LogP contribution in [0, 0.1) is 5.92 Å². The molecule has 108 valence electrons. The average Bonchev–Trinajstić information content (AvgIpc) is 2.76. The fourth-order valence-corrected chi connectivity index (χ4v) is 3.73. The van der Waals surface area contributed by atoms with Crippen molar-refractivity contribution in [2.75, 3.05) is 5.73 Å². The molecular weight excluding hydrogens is 270 g/mol. The SMILES string of the molecule is CCCC1CCC(n2c(N)nc3ccc(Cl)cc32)CC1. The number of hydrogen-bond acceptors (Lipinski definition) is 2. The Balaban J connectivity index is 1.87. The normalized spacial score (nSPS) is 23.3. The quantitative estimate of drug-likeness (QED) is 0.882. The molecule has 1 aromatic carbocycles. The highest BCUT2D eigenvalue weighted by Crippen LogP contribution is 2.37. The molecule has 0 unspecified atom stereocenters. The van der Waals surface area contributed by atoms with Crippen molar-refractivity contribution in [3.05, 3.63) is 23.2 Å². The summed E-state index contributed by atoms with van der Waals surface area (Å²) in [6.07, 6.45) is 7.66. The van der Waals surface area contributed by atoms with Gasteiger partial charge in [0.1, 0.15) is 0 Å². The summed E-state index contributed by atoms with van der Waals surface area (Å²) in [5.41, 5.74) is 8.16. The minimum atomic E-state index is 0.478. The van der Waals surface area contributed by atoms with Gasteiger partial charge >= 0.3 is 0 Å². The molecule has 1 aromatic heterocycles. The predicted octanol–water partition coefficient (Wildman–Crippen LogP) is 4.80. The smallest absolute Gasteiger partial charge is 0.201 e. The van der Waals surface area contributed by atoms with E-state index in [0.29, 0.717) is 12.0 Å². The van der Waals surface area contributed by atoms with E-state index < -0.39 is 0 Å². The molecule has 0 bridgehead atoms. The Labute approximate surface area is 125 Å². The standard InChI is InChI=1S/C16H22ClN3/c1-2-3-11-4-7-13(8-5-11)20-15-10-12(17)6-9-14(15)19-16(20)18/h6,9-11,13H,2-5,7-8H2,1H3,(H2,18,19). The van der Waals surface area contributed by atoms with E-state index in [1.165, 1.54) is 38.5 Å². The van der Waals surface area contributed by atoms with Crippen molar-refractivity contribution in [1.29, 1.82) is 0 Å². The molecule has 0 saturated heterocycles. The van der Waals surface area contributed by atoms with Gasteiger partial charge in [0, 0.05) is 11.1 Å². The molecule has 1 fully saturated rings. The van der Waals surface area contributed by atoms with Gasteiger partial charge in [-0.1, -0.05) is 31.4 Å². The highest BCUT2D eigenvalue weighted by atomic mass is 35.5. The van der Waals surface area contributed by atoms with Crippen LogP contribution in [-0.4, -0.2) is 9.55 Å². The Morgan fingerprint density at radius 3 is 2.75 bits per heavy atom. The van der Waals surface area contributed by atoms with E-state index >= 15 is 0 Å². The molecule has 1 aliphatic rings. The van der Waals surface area contributed by atoms with Crippen LogP contribution in [0.4, 0.5) is 5.95 Å². The second-order valence-corrected chi connectivity index (χ2v) is 6.37. The molecule has 1 aliphatic carbocycles. The molecule has 1 saturated carbocycles. The third-order valence-corrected chi connectivity index (χ3v) is 4.79. The first-order valence-electron chi connectivity index (χ1n) is 7.62. The highest BCUT2D eigenvalue weighted by Gasteiger charge is 2.24. The van der Waals surface area contributed by atoms with Gasteiger partial charge in [0.05, 0.1) is 11.0 Å². The van der Waals surface area contributed by atoms with Crippen LogP contribution in [-0.2, 0) is 0 Å². The van der Waals surface area contributed by atoms with Gasteiger partial charge < -0.3 is 10.3 Å². The largest absolute Gasteiger partial charge is 0.369 e. The maximum absolute atomic E-state index is 6.14. The van der Waals surface area contributed by atoms with Gasteiger partial charge in [-0.3, -0.25) is 0 Å². The van der Waals surface area contributed by atoms with Gasteiger partial charge in [-0.25, -0.2) is 4.98 Å². The van der Waals surface area contributed by atoms with Crippen molar-refractivity contribution in [2.45, 2.75) is 51.5 Å². The molecule has 20 heavy (non-hydrogen) atoms. The number of hydrogen-bond donors (Lipinski definition) is 1. The summed E-state index contributed by atoms with van der Waals surface area (Å²) < 4.78 is 2.20. The third kappa shape index (κ3) is 2.51. The molecular formula is C16H22ClN3. The number of aromatic nitrogens is 2.